The Morgan fingerprint density at radius 3 is 2.32 bits per heavy atom. The highest BCUT2D eigenvalue weighted by Gasteiger charge is 2.29. The van der Waals surface area contributed by atoms with Crippen molar-refractivity contribution in [3.8, 4) is 11.1 Å². The molecule has 1 aromatic heterocycles. The van der Waals surface area contributed by atoms with Crippen LogP contribution in [0.4, 0.5) is 9.93 Å². The van der Waals surface area contributed by atoms with E-state index in [1.54, 1.807) is 0 Å². The van der Waals surface area contributed by atoms with E-state index in [2.05, 4.69) is 27.3 Å². The van der Waals surface area contributed by atoms with Crippen molar-refractivity contribution in [1.29, 1.82) is 0 Å². The standard InChI is InChI=1S/C21H17N3O6S/c25-18(26)11-30-24-19(27)17-9-22-20(31-17)23-21(28)29-10-16-14-7-3-1-5-12(14)13-6-2-4-8-15(13)16/h1-9,16H,10-11H2,(H,24,27)(H,25,26)(H,22,23,28). The molecule has 1 heterocycles. The number of aromatic nitrogens is 1. The normalized spacial score (nSPS) is 12.0. The predicted molar refractivity (Wildman–Crippen MR) is 112 cm³/mol. The number of fused-ring (bicyclic) bond motifs is 3. The maximum Gasteiger partial charge on any atom is 0.413 e. The Hall–Kier alpha value is -3.76. The van der Waals surface area contributed by atoms with Gasteiger partial charge in [0.15, 0.2) is 11.7 Å². The monoisotopic (exact) mass is 439 g/mol. The van der Waals surface area contributed by atoms with Crippen LogP contribution in [-0.2, 0) is 14.4 Å². The van der Waals surface area contributed by atoms with Crippen molar-refractivity contribution >= 4 is 34.4 Å². The van der Waals surface area contributed by atoms with Gasteiger partial charge in [0, 0.05) is 5.92 Å². The largest absolute Gasteiger partial charge is 0.479 e. The fourth-order valence-corrected chi connectivity index (χ4v) is 4.06. The third kappa shape index (κ3) is 4.55. The van der Waals surface area contributed by atoms with E-state index in [1.807, 2.05) is 41.9 Å². The maximum atomic E-state index is 12.3. The number of carbonyl (C=O) groups excluding carboxylic acids is 2. The number of amides is 2. The molecule has 31 heavy (non-hydrogen) atoms. The van der Waals surface area contributed by atoms with Gasteiger partial charge < -0.3 is 9.84 Å². The highest BCUT2D eigenvalue weighted by molar-refractivity contribution is 7.17. The highest BCUT2D eigenvalue weighted by atomic mass is 32.1. The van der Waals surface area contributed by atoms with Crippen molar-refractivity contribution in [1.82, 2.24) is 10.5 Å². The molecule has 0 spiro atoms. The number of hydroxylamine groups is 1. The summed E-state index contributed by atoms with van der Waals surface area (Å²) in [5.74, 6) is -1.95. The molecule has 0 bridgehead atoms. The minimum atomic E-state index is -1.22. The van der Waals surface area contributed by atoms with E-state index < -0.39 is 24.6 Å². The van der Waals surface area contributed by atoms with Crippen molar-refractivity contribution in [3.05, 3.63) is 70.7 Å². The SMILES string of the molecule is O=C(O)CONC(=O)c1cnc(NC(=O)OCC2c3ccccc3-c3ccccc32)s1. The number of ether oxygens (including phenoxy) is 1. The first-order chi connectivity index (χ1) is 15.0. The van der Waals surface area contributed by atoms with Crippen molar-refractivity contribution in [2.24, 2.45) is 0 Å². The molecule has 0 fully saturated rings. The quantitative estimate of drug-likeness (QED) is 0.482. The number of benzene rings is 2. The number of nitrogens with one attached hydrogen (secondary N) is 2. The Morgan fingerprint density at radius 2 is 1.68 bits per heavy atom. The summed E-state index contributed by atoms with van der Waals surface area (Å²) in [6.45, 7) is -0.517. The number of carboxylic acid groups (broad SMARTS) is 1. The highest BCUT2D eigenvalue weighted by Crippen LogP contribution is 2.44. The second kappa shape index (κ2) is 8.94. The van der Waals surface area contributed by atoms with Gasteiger partial charge in [-0.2, -0.15) is 0 Å². The number of anilines is 1. The molecule has 0 saturated carbocycles. The molecule has 1 aliphatic carbocycles. The van der Waals surface area contributed by atoms with Crippen LogP contribution in [0.1, 0.15) is 26.7 Å². The molecule has 0 aliphatic heterocycles. The summed E-state index contributed by atoms with van der Waals surface area (Å²) in [6.07, 6.45) is 0.550. The van der Waals surface area contributed by atoms with Gasteiger partial charge in [-0.1, -0.05) is 59.9 Å². The molecule has 2 aromatic carbocycles. The number of rotatable bonds is 7. The molecule has 3 N–H and O–H groups in total. The summed E-state index contributed by atoms with van der Waals surface area (Å²) < 4.78 is 5.43. The number of hydrogen-bond acceptors (Lipinski definition) is 7. The van der Waals surface area contributed by atoms with Crippen molar-refractivity contribution in [2.75, 3.05) is 18.5 Å². The molecule has 3 aromatic rings. The average Bonchev–Trinajstić information content (AvgIpc) is 3.35. The Morgan fingerprint density at radius 1 is 1.03 bits per heavy atom. The van der Waals surface area contributed by atoms with E-state index in [4.69, 9.17) is 9.84 Å². The molecule has 10 heteroatoms. The number of aliphatic carboxylic acids is 1. The van der Waals surface area contributed by atoms with Crippen LogP contribution in [0.5, 0.6) is 0 Å². The topological polar surface area (TPSA) is 127 Å². The van der Waals surface area contributed by atoms with Crippen LogP contribution in [0.25, 0.3) is 11.1 Å². The molecule has 0 radical (unpaired) electrons. The number of nitrogens with zero attached hydrogens (tertiary/aromatic N) is 1. The molecule has 4 rings (SSSR count). The smallest absolute Gasteiger partial charge is 0.413 e. The van der Waals surface area contributed by atoms with Crippen LogP contribution in [0.15, 0.2) is 54.7 Å². The fraction of sp³-hybridized carbons (Fsp3) is 0.143. The average molecular weight is 439 g/mol. The van der Waals surface area contributed by atoms with E-state index >= 15 is 0 Å². The second-order valence-electron chi connectivity index (χ2n) is 6.59. The van der Waals surface area contributed by atoms with Crippen molar-refractivity contribution in [3.63, 3.8) is 0 Å². The van der Waals surface area contributed by atoms with Gasteiger partial charge in [0.25, 0.3) is 5.91 Å². The summed E-state index contributed by atoms with van der Waals surface area (Å²) in [6, 6.07) is 16.0. The van der Waals surface area contributed by atoms with Gasteiger partial charge >= 0.3 is 12.1 Å². The number of carbonyl (C=O) groups is 3. The minimum absolute atomic E-state index is 0.0674. The van der Waals surface area contributed by atoms with Gasteiger partial charge in [-0.15, -0.1) is 0 Å². The zero-order chi connectivity index (χ0) is 21.8. The van der Waals surface area contributed by atoms with Crippen molar-refractivity contribution in [2.45, 2.75) is 5.92 Å². The van der Waals surface area contributed by atoms with E-state index in [1.165, 1.54) is 6.20 Å². The maximum absolute atomic E-state index is 12.3. The summed E-state index contributed by atoms with van der Waals surface area (Å²) >= 11 is 0.901. The van der Waals surface area contributed by atoms with Crippen LogP contribution < -0.4 is 10.8 Å². The van der Waals surface area contributed by atoms with Gasteiger partial charge in [-0.3, -0.25) is 14.9 Å². The Balaban J connectivity index is 1.35. The van der Waals surface area contributed by atoms with Gasteiger partial charge in [0.1, 0.15) is 11.5 Å². The first-order valence-corrected chi connectivity index (χ1v) is 10.1. The van der Waals surface area contributed by atoms with Crippen LogP contribution >= 0.6 is 11.3 Å². The lowest BCUT2D eigenvalue weighted by Crippen LogP contribution is -2.25. The van der Waals surface area contributed by atoms with Gasteiger partial charge in [-0.25, -0.2) is 20.1 Å². The Kier molecular flexibility index (Phi) is 5.92. The summed E-state index contributed by atoms with van der Waals surface area (Å²) in [7, 11) is 0. The molecule has 158 valence electrons. The van der Waals surface area contributed by atoms with Crippen LogP contribution in [0.3, 0.4) is 0 Å². The fourth-order valence-electron chi connectivity index (χ4n) is 3.37. The van der Waals surface area contributed by atoms with E-state index in [0.29, 0.717) is 0 Å². The Labute approximate surface area is 180 Å². The summed E-state index contributed by atoms with van der Waals surface area (Å²) in [4.78, 5) is 43.1. The van der Waals surface area contributed by atoms with Gasteiger partial charge in [-0.05, 0) is 22.3 Å². The van der Waals surface area contributed by atoms with E-state index in [-0.39, 0.29) is 22.5 Å². The molecule has 0 saturated heterocycles. The molecular formula is C21H17N3O6S. The third-order valence-corrected chi connectivity index (χ3v) is 5.55. The van der Waals surface area contributed by atoms with E-state index in [9.17, 15) is 14.4 Å². The lowest BCUT2D eigenvalue weighted by molar-refractivity contribution is -0.144. The first kappa shape index (κ1) is 20.5. The zero-order valence-corrected chi connectivity index (χ0v) is 16.8. The van der Waals surface area contributed by atoms with Crippen LogP contribution in [0.2, 0.25) is 0 Å². The number of carboxylic acids is 1. The Bertz CT molecular complexity index is 1100. The van der Waals surface area contributed by atoms with Crippen LogP contribution in [0, 0.1) is 0 Å². The minimum Gasteiger partial charge on any atom is -0.479 e. The molecule has 1 aliphatic rings. The number of thiazole rings is 1. The van der Waals surface area contributed by atoms with E-state index in [0.717, 1.165) is 33.6 Å². The van der Waals surface area contributed by atoms with Crippen molar-refractivity contribution < 1.29 is 29.1 Å². The predicted octanol–water partition coefficient (Wildman–Crippen LogP) is 3.25. The zero-order valence-electron chi connectivity index (χ0n) is 16.0. The third-order valence-electron chi connectivity index (χ3n) is 4.64. The van der Waals surface area contributed by atoms with Gasteiger partial charge in [0.2, 0.25) is 0 Å². The molecular weight excluding hydrogens is 422 g/mol. The van der Waals surface area contributed by atoms with Crippen LogP contribution in [-0.4, -0.2) is 41.3 Å². The lowest BCUT2D eigenvalue weighted by Gasteiger charge is -2.14. The second-order valence-corrected chi connectivity index (χ2v) is 7.62. The van der Waals surface area contributed by atoms with Gasteiger partial charge in [0.05, 0.1) is 6.20 Å². The first-order valence-electron chi connectivity index (χ1n) is 9.24. The number of hydrogen-bond donors (Lipinski definition) is 3. The summed E-state index contributed by atoms with van der Waals surface area (Å²) in [5.41, 5.74) is 6.45. The summed E-state index contributed by atoms with van der Waals surface area (Å²) in [5, 5.41) is 11.2. The molecule has 0 unspecified atom stereocenters. The molecule has 2 amide bonds. The molecule has 0 atom stereocenters. The lowest BCUT2D eigenvalue weighted by atomic mass is 9.98. The molecule has 9 nitrogen and oxygen atoms in total.